The van der Waals surface area contributed by atoms with Crippen molar-refractivity contribution in [2.75, 3.05) is 13.1 Å². The maximum atomic E-state index is 14.2. The molecule has 1 unspecified atom stereocenters. The molecule has 1 atom stereocenters. The van der Waals surface area contributed by atoms with Crippen LogP contribution in [0.3, 0.4) is 0 Å². The van der Waals surface area contributed by atoms with Crippen molar-refractivity contribution in [1.29, 1.82) is 0 Å². The molecule has 1 aliphatic heterocycles. The molecular formula is C21H19FN4OS. The van der Waals surface area contributed by atoms with Gasteiger partial charge in [-0.25, -0.2) is 4.39 Å². The molecular weight excluding hydrogens is 375 g/mol. The third kappa shape index (κ3) is 2.69. The SMILES string of the molecule is Cc1c(C(=O)N2CCCC(c3nnc4ccccn34)C2)sc2cccc(F)c12. The van der Waals surface area contributed by atoms with Gasteiger partial charge in [0, 0.05) is 35.3 Å². The fourth-order valence-electron chi connectivity index (χ4n) is 4.11. The molecule has 3 aromatic heterocycles. The van der Waals surface area contributed by atoms with Crippen LogP contribution < -0.4 is 0 Å². The number of benzene rings is 1. The molecule has 4 aromatic rings. The van der Waals surface area contributed by atoms with Gasteiger partial charge in [-0.2, -0.15) is 0 Å². The molecule has 0 spiro atoms. The predicted molar refractivity (Wildman–Crippen MR) is 107 cm³/mol. The van der Waals surface area contributed by atoms with Crippen molar-refractivity contribution in [3.63, 3.8) is 0 Å². The Bertz CT molecular complexity index is 1200. The lowest BCUT2D eigenvalue weighted by atomic mass is 9.97. The van der Waals surface area contributed by atoms with Crippen molar-refractivity contribution in [1.82, 2.24) is 19.5 Å². The van der Waals surface area contributed by atoms with Crippen LogP contribution in [0.25, 0.3) is 15.7 Å². The van der Waals surface area contributed by atoms with Crippen LogP contribution in [0.1, 0.15) is 39.8 Å². The largest absolute Gasteiger partial charge is 0.337 e. The van der Waals surface area contributed by atoms with E-state index in [-0.39, 0.29) is 17.6 Å². The summed E-state index contributed by atoms with van der Waals surface area (Å²) < 4.78 is 17.0. The predicted octanol–water partition coefficient (Wildman–Crippen LogP) is 4.41. The second-order valence-electron chi connectivity index (χ2n) is 7.25. The van der Waals surface area contributed by atoms with Crippen molar-refractivity contribution in [2.24, 2.45) is 0 Å². The number of rotatable bonds is 2. The Balaban J connectivity index is 1.46. The van der Waals surface area contributed by atoms with Crippen LogP contribution in [0.4, 0.5) is 4.39 Å². The molecule has 28 heavy (non-hydrogen) atoms. The van der Waals surface area contributed by atoms with Crippen LogP contribution >= 0.6 is 11.3 Å². The van der Waals surface area contributed by atoms with Gasteiger partial charge >= 0.3 is 0 Å². The highest BCUT2D eigenvalue weighted by Crippen LogP contribution is 2.35. The second-order valence-corrected chi connectivity index (χ2v) is 8.30. The van der Waals surface area contributed by atoms with E-state index in [2.05, 4.69) is 10.2 Å². The number of fused-ring (bicyclic) bond motifs is 2. The standard InChI is InChI=1S/C21H19FN4OS/c1-13-18-15(22)7-4-8-16(18)28-19(13)21(27)25-10-5-6-14(12-25)20-24-23-17-9-2-3-11-26(17)20/h2-4,7-9,11,14H,5-6,10,12H2,1H3. The Hall–Kier alpha value is -2.80. The van der Waals surface area contributed by atoms with Gasteiger partial charge in [-0.1, -0.05) is 12.1 Å². The number of hydrogen-bond donors (Lipinski definition) is 0. The number of nitrogens with zero attached hydrogens (tertiary/aromatic N) is 4. The van der Waals surface area contributed by atoms with E-state index < -0.39 is 0 Å². The molecule has 0 bridgehead atoms. The third-order valence-electron chi connectivity index (χ3n) is 5.51. The average Bonchev–Trinajstić information content (AvgIpc) is 3.30. The minimum atomic E-state index is -0.267. The number of aromatic nitrogens is 3. The van der Waals surface area contributed by atoms with Crippen molar-refractivity contribution >= 4 is 33.0 Å². The first-order chi connectivity index (χ1) is 13.6. The summed E-state index contributed by atoms with van der Waals surface area (Å²) in [6, 6.07) is 10.8. The van der Waals surface area contributed by atoms with Crippen LogP contribution in [0.5, 0.6) is 0 Å². The molecule has 1 saturated heterocycles. The summed E-state index contributed by atoms with van der Waals surface area (Å²) in [7, 11) is 0. The lowest BCUT2D eigenvalue weighted by Gasteiger charge is -2.31. The number of carbonyl (C=O) groups is 1. The molecule has 0 N–H and O–H groups in total. The highest BCUT2D eigenvalue weighted by Gasteiger charge is 2.30. The number of halogens is 1. The van der Waals surface area contributed by atoms with Gasteiger partial charge in [-0.05, 0) is 49.6 Å². The number of piperidine rings is 1. The van der Waals surface area contributed by atoms with E-state index in [1.165, 1.54) is 17.4 Å². The monoisotopic (exact) mass is 394 g/mol. The fraction of sp³-hybridized carbons (Fsp3) is 0.286. The fourth-order valence-corrected chi connectivity index (χ4v) is 5.30. The zero-order valence-corrected chi connectivity index (χ0v) is 16.2. The number of hydrogen-bond acceptors (Lipinski definition) is 4. The lowest BCUT2D eigenvalue weighted by Crippen LogP contribution is -2.39. The average molecular weight is 394 g/mol. The van der Waals surface area contributed by atoms with Gasteiger partial charge in [0.25, 0.3) is 5.91 Å². The van der Waals surface area contributed by atoms with E-state index >= 15 is 0 Å². The lowest BCUT2D eigenvalue weighted by molar-refractivity contribution is 0.0708. The smallest absolute Gasteiger partial charge is 0.264 e. The molecule has 1 amide bonds. The van der Waals surface area contributed by atoms with Gasteiger partial charge in [0.2, 0.25) is 0 Å². The Morgan fingerprint density at radius 3 is 2.96 bits per heavy atom. The van der Waals surface area contributed by atoms with Gasteiger partial charge < -0.3 is 4.90 Å². The molecule has 1 aliphatic rings. The van der Waals surface area contributed by atoms with Crippen molar-refractivity contribution in [3.05, 3.63) is 64.7 Å². The van der Waals surface area contributed by atoms with Crippen molar-refractivity contribution < 1.29 is 9.18 Å². The molecule has 0 radical (unpaired) electrons. The quantitative estimate of drug-likeness (QED) is 0.506. The molecule has 0 aliphatic carbocycles. The van der Waals surface area contributed by atoms with E-state index in [9.17, 15) is 9.18 Å². The highest BCUT2D eigenvalue weighted by molar-refractivity contribution is 7.21. The molecule has 5 rings (SSSR count). The van der Waals surface area contributed by atoms with Crippen LogP contribution in [-0.2, 0) is 0 Å². The summed E-state index contributed by atoms with van der Waals surface area (Å²) in [6.07, 6.45) is 3.85. The summed E-state index contributed by atoms with van der Waals surface area (Å²) in [6.45, 7) is 3.15. The number of likely N-dealkylation sites (tertiary alicyclic amines) is 1. The highest BCUT2D eigenvalue weighted by atomic mass is 32.1. The van der Waals surface area contributed by atoms with Crippen LogP contribution in [0.2, 0.25) is 0 Å². The molecule has 1 aromatic carbocycles. The molecule has 4 heterocycles. The number of carbonyl (C=O) groups excluding carboxylic acids is 1. The first kappa shape index (κ1) is 17.3. The number of thiophene rings is 1. The van der Waals surface area contributed by atoms with Gasteiger partial charge in [0.1, 0.15) is 11.6 Å². The van der Waals surface area contributed by atoms with Crippen molar-refractivity contribution in [3.8, 4) is 0 Å². The summed E-state index contributed by atoms with van der Waals surface area (Å²) in [5, 5.41) is 9.18. The Labute approximate surface area is 165 Å². The Morgan fingerprint density at radius 2 is 2.11 bits per heavy atom. The summed E-state index contributed by atoms with van der Waals surface area (Å²) in [5.74, 6) is 0.752. The van der Waals surface area contributed by atoms with Crippen LogP contribution in [0, 0.1) is 12.7 Å². The van der Waals surface area contributed by atoms with E-state index in [4.69, 9.17) is 0 Å². The molecule has 7 heteroatoms. The van der Waals surface area contributed by atoms with E-state index in [1.54, 1.807) is 6.07 Å². The van der Waals surface area contributed by atoms with Gasteiger partial charge in [-0.15, -0.1) is 21.5 Å². The molecule has 0 saturated carbocycles. The normalized spacial score (nSPS) is 17.5. The maximum Gasteiger partial charge on any atom is 0.264 e. The first-order valence-electron chi connectivity index (χ1n) is 9.40. The third-order valence-corrected chi connectivity index (χ3v) is 6.76. The van der Waals surface area contributed by atoms with E-state index in [0.717, 1.165) is 34.6 Å². The van der Waals surface area contributed by atoms with E-state index in [1.807, 2.05) is 46.7 Å². The van der Waals surface area contributed by atoms with Crippen molar-refractivity contribution in [2.45, 2.75) is 25.7 Å². The second kappa shape index (κ2) is 6.67. The summed E-state index contributed by atoms with van der Waals surface area (Å²) in [5.41, 5.74) is 1.55. The van der Waals surface area contributed by atoms with Crippen LogP contribution in [-0.4, -0.2) is 38.5 Å². The van der Waals surface area contributed by atoms with Gasteiger partial charge in [0.15, 0.2) is 5.65 Å². The number of amides is 1. The molecule has 1 fully saturated rings. The molecule has 142 valence electrons. The molecule has 5 nitrogen and oxygen atoms in total. The Morgan fingerprint density at radius 1 is 1.21 bits per heavy atom. The summed E-state index contributed by atoms with van der Waals surface area (Å²) in [4.78, 5) is 15.8. The minimum absolute atomic E-state index is 0.0170. The van der Waals surface area contributed by atoms with Gasteiger partial charge in [-0.3, -0.25) is 9.20 Å². The minimum Gasteiger partial charge on any atom is -0.337 e. The zero-order valence-electron chi connectivity index (χ0n) is 15.4. The topological polar surface area (TPSA) is 50.5 Å². The van der Waals surface area contributed by atoms with Gasteiger partial charge in [0.05, 0.1) is 4.88 Å². The number of pyridine rings is 1. The zero-order chi connectivity index (χ0) is 19.3. The maximum absolute atomic E-state index is 14.2. The Kier molecular flexibility index (Phi) is 4.12. The van der Waals surface area contributed by atoms with E-state index in [0.29, 0.717) is 23.4 Å². The van der Waals surface area contributed by atoms with Crippen LogP contribution in [0.15, 0.2) is 42.6 Å². The number of aryl methyl sites for hydroxylation is 1. The summed E-state index contributed by atoms with van der Waals surface area (Å²) >= 11 is 1.38. The first-order valence-corrected chi connectivity index (χ1v) is 10.2.